The Kier molecular flexibility index (Phi) is 6.90. The lowest BCUT2D eigenvalue weighted by Gasteiger charge is -2.26. The zero-order valence-corrected chi connectivity index (χ0v) is 13.1. The van der Waals surface area contributed by atoms with Crippen molar-refractivity contribution in [3.8, 4) is 0 Å². The zero-order chi connectivity index (χ0) is 14.9. The number of tetrazole rings is 1. The number of ether oxygens (including phenoxy) is 1. The molecule has 9 heteroatoms. The van der Waals surface area contributed by atoms with E-state index in [4.69, 9.17) is 4.74 Å². The van der Waals surface area contributed by atoms with Crippen molar-refractivity contribution in [2.75, 3.05) is 45.1 Å². The van der Waals surface area contributed by atoms with Crippen LogP contribution in [0, 0.1) is 0 Å². The van der Waals surface area contributed by atoms with E-state index in [9.17, 15) is 4.79 Å². The molecule has 0 aliphatic carbocycles. The maximum Gasteiger partial charge on any atom is 0.233 e. The maximum absolute atomic E-state index is 12.1. The van der Waals surface area contributed by atoms with Crippen LogP contribution >= 0.6 is 11.8 Å². The zero-order valence-electron chi connectivity index (χ0n) is 12.3. The Hall–Kier alpha value is -1.19. The first kappa shape index (κ1) is 16.2. The summed E-state index contributed by atoms with van der Waals surface area (Å²) >= 11 is 1.39. The Bertz CT molecular complexity index is 435. The Morgan fingerprint density at radius 1 is 1.38 bits per heavy atom. The van der Waals surface area contributed by atoms with Gasteiger partial charge >= 0.3 is 0 Å². The molecule has 1 aliphatic heterocycles. The van der Waals surface area contributed by atoms with Gasteiger partial charge in [0.1, 0.15) is 0 Å². The molecule has 118 valence electrons. The van der Waals surface area contributed by atoms with Crippen molar-refractivity contribution in [3.05, 3.63) is 0 Å². The monoisotopic (exact) mass is 314 g/mol. The second kappa shape index (κ2) is 8.96. The molecule has 0 aromatic carbocycles. The van der Waals surface area contributed by atoms with Crippen LogP contribution in [-0.4, -0.2) is 76.2 Å². The Morgan fingerprint density at radius 2 is 2.19 bits per heavy atom. The fraction of sp³-hybridized carbons (Fsp3) is 0.833. The third-order valence-corrected chi connectivity index (χ3v) is 4.06. The largest absolute Gasteiger partial charge is 0.378 e. The standard InChI is InChI=1S/C12H22N6O2S/c1-2-3-13-4-5-18-12(14-15-16-18)21-10-11(19)17-6-8-20-9-7-17/h13H,2-10H2,1H3. The number of hydrogen-bond donors (Lipinski definition) is 1. The Balaban J connectivity index is 1.74. The molecule has 1 aliphatic rings. The molecule has 2 rings (SSSR count). The predicted octanol–water partition coefficient (Wildman–Crippen LogP) is -0.376. The average molecular weight is 314 g/mol. The third kappa shape index (κ3) is 5.25. The summed E-state index contributed by atoms with van der Waals surface area (Å²) in [5, 5.41) is 15.6. The maximum atomic E-state index is 12.1. The lowest BCUT2D eigenvalue weighted by molar-refractivity contribution is -0.132. The van der Waals surface area contributed by atoms with Gasteiger partial charge in [-0.1, -0.05) is 18.7 Å². The molecule has 0 unspecified atom stereocenters. The highest BCUT2D eigenvalue weighted by molar-refractivity contribution is 7.99. The molecule has 21 heavy (non-hydrogen) atoms. The van der Waals surface area contributed by atoms with E-state index >= 15 is 0 Å². The molecule has 1 saturated heterocycles. The average Bonchev–Trinajstić information content (AvgIpc) is 2.97. The van der Waals surface area contributed by atoms with Crippen LogP contribution in [-0.2, 0) is 16.1 Å². The number of nitrogens with zero attached hydrogens (tertiary/aromatic N) is 5. The van der Waals surface area contributed by atoms with Crippen molar-refractivity contribution in [2.45, 2.75) is 25.0 Å². The fourth-order valence-electron chi connectivity index (χ4n) is 1.96. The van der Waals surface area contributed by atoms with Gasteiger partial charge in [-0.15, -0.1) is 5.10 Å². The van der Waals surface area contributed by atoms with E-state index < -0.39 is 0 Å². The Labute approximate surface area is 128 Å². The summed E-state index contributed by atoms with van der Waals surface area (Å²) in [7, 11) is 0. The summed E-state index contributed by atoms with van der Waals surface area (Å²) in [6.07, 6.45) is 1.10. The van der Waals surface area contributed by atoms with Crippen LogP contribution in [0.15, 0.2) is 5.16 Å². The van der Waals surface area contributed by atoms with Crippen molar-refractivity contribution < 1.29 is 9.53 Å². The number of thioether (sulfide) groups is 1. The lowest BCUT2D eigenvalue weighted by atomic mass is 10.4. The van der Waals surface area contributed by atoms with Crippen molar-refractivity contribution in [1.82, 2.24) is 30.4 Å². The molecule has 0 spiro atoms. The molecule has 0 atom stereocenters. The molecule has 1 aromatic rings. The smallest absolute Gasteiger partial charge is 0.233 e. The normalized spacial score (nSPS) is 15.4. The number of carbonyl (C=O) groups is 1. The van der Waals surface area contributed by atoms with E-state index in [1.807, 2.05) is 4.90 Å². The minimum Gasteiger partial charge on any atom is -0.378 e. The number of rotatable bonds is 8. The van der Waals surface area contributed by atoms with Crippen LogP contribution in [0.4, 0.5) is 0 Å². The van der Waals surface area contributed by atoms with Crippen molar-refractivity contribution in [3.63, 3.8) is 0 Å². The van der Waals surface area contributed by atoms with Crippen LogP contribution in [0.25, 0.3) is 0 Å². The van der Waals surface area contributed by atoms with Crippen LogP contribution in [0.3, 0.4) is 0 Å². The molecule has 1 N–H and O–H groups in total. The molecular formula is C12H22N6O2S. The number of morpholine rings is 1. The van der Waals surface area contributed by atoms with Crippen LogP contribution in [0.2, 0.25) is 0 Å². The summed E-state index contributed by atoms with van der Waals surface area (Å²) in [6.45, 7) is 7.23. The van der Waals surface area contributed by atoms with E-state index in [2.05, 4.69) is 27.8 Å². The van der Waals surface area contributed by atoms with Gasteiger partial charge in [0.05, 0.1) is 25.5 Å². The quantitative estimate of drug-likeness (QED) is 0.517. The predicted molar refractivity (Wildman–Crippen MR) is 79.1 cm³/mol. The molecule has 1 fully saturated rings. The topological polar surface area (TPSA) is 85.2 Å². The van der Waals surface area contributed by atoms with Crippen molar-refractivity contribution in [1.29, 1.82) is 0 Å². The first-order valence-corrected chi connectivity index (χ1v) is 8.25. The number of nitrogens with one attached hydrogen (secondary N) is 1. The number of aromatic nitrogens is 4. The molecule has 2 heterocycles. The van der Waals surface area contributed by atoms with E-state index in [1.54, 1.807) is 4.68 Å². The minimum absolute atomic E-state index is 0.113. The minimum atomic E-state index is 0.113. The lowest BCUT2D eigenvalue weighted by Crippen LogP contribution is -2.41. The van der Waals surface area contributed by atoms with Crippen LogP contribution in [0.5, 0.6) is 0 Å². The van der Waals surface area contributed by atoms with E-state index in [-0.39, 0.29) is 5.91 Å². The van der Waals surface area contributed by atoms with Gasteiger partial charge in [0.2, 0.25) is 11.1 Å². The van der Waals surface area contributed by atoms with Crippen molar-refractivity contribution >= 4 is 17.7 Å². The van der Waals surface area contributed by atoms with E-state index in [0.29, 0.717) is 43.8 Å². The first-order valence-electron chi connectivity index (χ1n) is 7.26. The molecule has 0 saturated carbocycles. The summed E-state index contributed by atoms with van der Waals surface area (Å²) in [5.74, 6) is 0.477. The SMILES string of the molecule is CCCNCCn1nnnc1SCC(=O)N1CCOCC1. The molecule has 1 amide bonds. The van der Waals surface area contributed by atoms with Crippen LogP contribution < -0.4 is 5.32 Å². The second-order valence-corrected chi connectivity index (χ2v) is 5.66. The number of hydrogen-bond acceptors (Lipinski definition) is 7. The fourth-order valence-corrected chi connectivity index (χ4v) is 2.76. The van der Waals surface area contributed by atoms with Crippen LogP contribution in [0.1, 0.15) is 13.3 Å². The number of carbonyl (C=O) groups excluding carboxylic acids is 1. The summed E-state index contributed by atoms with van der Waals surface area (Å²) in [6, 6.07) is 0. The van der Waals surface area contributed by atoms with E-state index in [1.165, 1.54) is 11.8 Å². The third-order valence-electron chi connectivity index (χ3n) is 3.11. The van der Waals surface area contributed by atoms with Gasteiger partial charge in [0, 0.05) is 19.6 Å². The van der Waals surface area contributed by atoms with Gasteiger partial charge < -0.3 is 15.0 Å². The first-order chi connectivity index (χ1) is 10.3. The second-order valence-electron chi connectivity index (χ2n) is 4.72. The molecule has 0 radical (unpaired) electrons. The highest BCUT2D eigenvalue weighted by Gasteiger charge is 2.18. The molecule has 1 aromatic heterocycles. The van der Waals surface area contributed by atoms with Gasteiger partial charge in [0.25, 0.3) is 0 Å². The van der Waals surface area contributed by atoms with Gasteiger partial charge in [-0.25, -0.2) is 4.68 Å². The number of amides is 1. The highest BCUT2D eigenvalue weighted by Crippen LogP contribution is 2.14. The van der Waals surface area contributed by atoms with Gasteiger partial charge in [-0.05, 0) is 23.4 Å². The molecular weight excluding hydrogens is 292 g/mol. The Morgan fingerprint density at radius 3 is 2.95 bits per heavy atom. The summed E-state index contributed by atoms with van der Waals surface area (Å²) < 4.78 is 6.98. The molecule has 0 bridgehead atoms. The molecule has 8 nitrogen and oxygen atoms in total. The van der Waals surface area contributed by atoms with Gasteiger partial charge in [-0.3, -0.25) is 4.79 Å². The van der Waals surface area contributed by atoms with Gasteiger partial charge in [0.15, 0.2) is 0 Å². The summed E-state index contributed by atoms with van der Waals surface area (Å²) in [5.41, 5.74) is 0. The summed E-state index contributed by atoms with van der Waals surface area (Å²) in [4.78, 5) is 13.9. The van der Waals surface area contributed by atoms with Crippen molar-refractivity contribution in [2.24, 2.45) is 0 Å². The highest BCUT2D eigenvalue weighted by atomic mass is 32.2. The van der Waals surface area contributed by atoms with Gasteiger partial charge in [-0.2, -0.15) is 0 Å². The van der Waals surface area contributed by atoms with E-state index in [0.717, 1.165) is 19.5 Å².